The first-order valence-corrected chi connectivity index (χ1v) is 5.88. The summed E-state index contributed by atoms with van der Waals surface area (Å²) in [7, 11) is 0. The molecule has 0 aliphatic carbocycles. The molecule has 0 radical (unpaired) electrons. The van der Waals surface area contributed by atoms with Gasteiger partial charge in [0.15, 0.2) is 0 Å². The third-order valence-corrected chi connectivity index (χ3v) is 2.92. The average molecular weight is 221 g/mol. The zero-order chi connectivity index (χ0) is 11.4. The lowest BCUT2D eigenvalue weighted by Gasteiger charge is -2.11. The molecular formula is C12H19N3O. The summed E-state index contributed by atoms with van der Waals surface area (Å²) in [6.45, 7) is 6.66. The van der Waals surface area contributed by atoms with Crippen LogP contribution in [0.3, 0.4) is 0 Å². The van der Waals surface area contributed by atoms with Gasteiger partial charge in [-0.3, -0.25) is 0 Å². The van der Waals surface area contributed by atoms with Gasteiger partial charge < -0.3 is 10.1 Å². The van der Waals surface area contributed by atoms with E-state index < -0.39 is 0 Å². The highest BCUT2D eigenvalue weighted by molar-refractivity contribution is 5.19. The first-order valence-electron chi connectivity index (χ1n) is 5.88. The van der Waals surface area contributed by atoms with Gasteiger partial charge in [-0.2, -0.15) is 10.2 Å². The molecule has 1 N–H and O–H groups in total. The number of ether oxygens (including phenoxy) is 1. The van der Waals surface area contributed by atoms with Gasteiger partial charge in [0.05, 0.1) is 17.5 Å². The quantitative estimate of drug-likeness (QED) is 0.834. The molecule has 2 heterocycles. The van der Waals surface area contributed by atoms with Crippen molar-refractivity contribution >= 4 is 0 Å². The molecule has 16 heavy (non-hydrogen) atoms. The maximum Gasteiger partial charge on any atom is 0.0700 e. The third-order valence-electron chi connectivity index (χ3n) is 2.92. The molecule has 1 aromatic heterocycles. The Labute approximate surface area is 96.4 Å². The van der Waals surface area contributed by atoms with Crippen LogP contribution in [0.15, 0.2) is 6.07 Å². The van der Waals surface area contributed by atoms with Crippen LogP contribution in [0.4, 0.5) is 0 Å². The summed E-state index contributed by atoms with van der Waals surface area (Å²) < 4.78 is 5.55. The lowest BCUT2D eigenvalue weighted by atomic mass is 10.2. The predicted octanol–water partition coefficient (Wildman–Crippen LogP) is 1.36. The van der Waals surface area contributed by atoms with Crippen molar-refractivity contribution in [3.8, 4) is 0 Å². The van der Waals surface area contributed by atoms with Gasteiger partial charge in [0.25, 0.3) is 0 Å². The summed E-state index contributed by atoms with van der Waals surface area (Å²) in [5.41, 5.74) is 3.20. The number of nitrogens with zero attached hydrogens (tertiary/aromatic N) is 2. The molecule has 0 saturated carbocycles. The van der Waals surface area contributed by atoms with Crippen molar-refractivity contribution in [3.63, 3.8) is 0 Å². The van der Waals surface area contributed by atoms with Crippen LogP contribution in [0.1, 0.15) is 29.8 Å². The van der Waals surface area contributed by atoms with Crippen molar-refractivity contribution in [1.82, 2.24) is 15.5 Å². The molecule has 0 bridgehead atoms. The minimum atomic E-state index is 0.399. The fourth-order valence-electron chi connectivity index (χ4n) is 1.96. The summed E-state index contributed by atoms with van der Waals surface area (Å²) in [6, 6.07) is 2.09. The van der Waals surface area contributed by atoms with Crippen molar-refractivity contribution < 1.29 is 4.74 Å². The Morgan fingerprint density at radius 1 is 1.44 bits per heavy atom. The molecule has 0 aromatic carbocycles. The summed E-state index contributed by atoms with van der Waals surface area (Å²) in [5, 5.41) is 11.5. The van der Waals surface area contributed by atoms with Crippen molar-refractivity contribution in [3.05, 3.63) is 23.0 Å². The monoisotopic (exact) mass is 221 g/mol. The molecule has 4 heteroatoms. The van der Waals surface area contributed by atoms with Crippen LogP contribution in [0, 0.1) is 13.8 Å². The smallest absolute Gasteiger partial charge is 0.0700 e. The predicted molar refractivity (Wildman–Crippen MR) is 62.2 cm³/mol. The Hall–Kier alpha value is -1.00. The SMILES string of the molecule is Cc1cc(CNCC2CCCO2)c(C)nn1. The maximum atomic E-state index is 5.55. The third kappa shape index (κ3) is 3.00. The van der Waals surface area contributed by atoms with Gasteiger partial charge in [0, 0.05) is 19.7 Å². The second-order valence-electron chi connectivity index (χ2n) is 4.36. The van der Waals surface area contributed by atoms with E-state index in [0.29, 0.717) is 6.10 Å². The molecule has 1 aliphatic heterocycles. The van der Waals surface area contributed by atoms with Gasteiger partial charge in [-0.1, -0.05) is 0 Å². The second-order valence-corrected chi connectivity index (χ2v) is 4.36. The number of aryl methyl sites for hydroxylation is 2. The minimum absolute atomic E-state index is 0.399. The van der Waals surface area contributed by atoms with E-state index in [-0.39, 0.29) is 0 Å². The van der Waals surface area contributed by atoms with Crippen LogP contribution in [0.2, 0.25) is 0 Å². The maximum absolute atomic E-state index is 5.55. The zero-order valence-corrected chi connectivity index (χ0v) is 9.99. The van der Waals surface area contributed by atoms with Gasteiger partial charge >= 0.3 is 0 Å². The van der Waals surface area contributed by atoms with Crippen LogP contribution in [0.5, 0.6) is 0 Å². The largest absolute Gasteiger partial charge is 0.377 e. The van der Waals surface area contributed by atoms with Gasteiger partial charge in [-0.25, -0.2) is 0 Å². The highest BCUT2D eigenvalue weighted by Crippen LogP contribution is 2.11. The standard InChI is InChI=1S/C12H19N3O/c1-9-6-11(10(2)15-14-9)7-13-8-12-4-3-5-16-12/h6,12-13H,3-5,7-8H2,1-2H3. The summed E-state index contributed by atoms with van der Waals surface area (Å²) in [5.74, 6) is 0. The van der Waals surface area contributed by atoms with Gasteiger partial charge in [-0.05, 0) is 38.3 Å². The molecule has 1 saturated heterocycles. The summed E-state index contributed by atoms with van der Waals surface area (Å²) >= 11 is 0. The van der Waals surface area contributed by atoms with E-state index in [9.17, 15) is 0 Å². The molecular weight excluding hydrogens is 202 g/mol. The van der Waals surface area contributed by atoms with Gasteiger partial charge in [0.1, 0.15) is 0 Å². The molecule has 0 spiro atoms. The van der Waals surface area contributed by atoms with E-state index in [1.54, 1.807) is 0 Å². The first-order chi connectivity index (χ1) is 7.75. The van der Waals surface area contributed by atoms with E-state index in [4.69, 9.17) is 4.74 Å². The van der Waals surface area contributed by atoms with Crippen LogP contribution in [0.25, 0.3) is 0 Å². The Morgan fingerprint density at radius 3 is 3.06 bits per heavy atom. The fraction of sp³-hybridized carbons (Fsp3) is 0.667. The molecule has 1 atom stereocenters. The van der Waals surface area contributed by atoms with Crippen molar-refractivity contribution in [2.24, 2.45) is 0 Å². The Morgan fingerprint density at radius 2 is 2.31 bits per heavy atom. The molecule has 88 valence electrons. The number of nitrogens with one attached hydrogen (secondary N) is 1. The van der Waals surface area contributed by atoms with Crippen LogP contribution in [-0.2, 0) is 11.3 Å². The zero-order valence-electron chi connectivity index (χ0n) is 9.99. The minimum Gasteiger partial charge on any atom is -0.377 e. The fourth-order valence-corrected chi connectivity index (χ4v) is 1.96. The van der Waals surface area contributed by atoms with Crippen LogP contribution >= 0.6 is 0 Å². The van der Waals surface area contributed by atoms with Gasteiger partial charge in [-0.15, -0.1) is 0 Å². The molecule has 2 rings (SSSR count). The van der Waals surface area contributed by atoms with E-state index in [2.05, 4.69) is 21.6 Å². The first kappa shape index (κ1) is 11.5. The van der Waals surface area contributed by atoms with Crippen molar-refractivity contribution in [1.29, 1.82) is 0 Å². The Kier molecular flexibility index (Phi) is 3.85. The Bertz CT molecular complexity index is 348. The molecule has 1 fully saturated rings. The topological polar surface area (TPSA) is 47.0 Å². The molecule has 1 aromatic rings. The van der Waals surface area contributed by atoms with Crippen molar-refractivity contribution in [2.45, 2.75) is 39.3 Å². The molecule has 1 unspecified atom stereocenters. The molecule has 1 aliphatic rings. The van der Waals surface area contributed by atoms with E-state index in [0.717, 1.165) is 31.1 Å². The number of hydrogen-bond donors (Lipinski definition) is 1. The van der Waals surface area contributed by atoms with Crippen LogP contribution < -0.4 is 5.32 Å². The normalized spacial score (nSPS) is 20.2. The summed E-state index contributed by atoms with van der Waals surface area (Å²) in [4.78, 5) is 0. The highest BCUT2D eigenvalue weighted by atomic mass is 16.5. The number of hydrogen-bond acceptors (Lipinski definition) is 4. The number of rotatable bonds is 4. The lowest BCUT2D eigenvalue weighted by Crippen LogP contribution is -2.26. The second kappa shape index (κ2) is 5.37. The van der Waals surface area contributed by atoms with E-state index in [1.165, 1.54) is 18.4 Å². The number of aromatic nitrogens is 2. The van der Waals surface area contributed by atoms with Gasteiger partial charge in [0.2, 0.25) is 0 Å². The molecule has 4 nitrogen and oxygen atoms in total. The average Bonchev–Trinajstić information content (AvgIpc) is 2.76. The Balaban J connectivity index is 1.82. The van der Waals surface area contributed by atoms with E-state index in [1.807, 2.05) is 13.8 Å². The van der Waals surface area contributed by atoms with Crippen molar-refractivity contribution in [2.75, 3.05) is 13.2 Å². The summed E-state index contributed by atoms with van der Waals surface area (Å²) in [6.07, 6.45) is 2.78. The molecule has 0 amide bonds. The highest BCUT2D eigenvalue weighted by Gasteiger charge is 2.14. The lowest BCUT2D eigenvalue weighted by molar-refractivity contribution is 0.110. The van der Waals surface area contributed by atoms with E-state index >= 15 is 0 Å². The van der Waals surface area contributed by atoms with Crippen LogP contribution in [-0.4, -0.2) is 29.5 Å².